The number of thiophene rings is 1. The predicted octanol–water partition coefficient (Wildman–Crippen LogP) is -0.213. The lowest BCUT2D eigenvalue weighted by Gasteiger charge is -2.33. The maximum atomic E-state index is 10.9. The number of nitrogens with zero attached hydrogens (tertiary/aromatic N) is 4. The molecule has 4 atom stereocenters. The zero-order valence-electron chi connectivity index (χ0n) is 14.0. The van der Waals surface area contributed by atoms with Gasteiger partial charge in [0, 0.05) is 16.2 Å². The van der Waals surface area contributed by atoms with Crippen molar-refractivity contribution in [1.29, 1.82) is 0 Å². The van der Waals surface area contributed by atoms with Gasteiger partial charge in [0.15, 0.2) is 17.2 Å². The van der Waals surface area contributed by atoms with Crippen LogP contribution in [0.2, 0.25) is 0 Å². The van der Waals surface area contributed by atoms with Crippen LogP contribution in [0, 0.1) is 6.92 Å². The molecule has 0 bridgehead atoms. The summed E-state index contributed by atoms with van der Waals surface area (Å²) in [6.07, 6.45) is -0.433. The van der Waals surface area contributed by atoms with Gasteiger partial charge in [-0.2, -0.15) is 0 Å². The van der Waals surface area contributed by atoms with Gasteiger partial charge in [0.1, 0.15) is 30.2 Å². The van der Waals surface area contributed by atoms with Gasteiger partial charge in [0.05, 0.1) is 12.9 Å². The number of rotatable bonds is 4. The fraction of sp³-hybridized carbons (Fsp3) is 0.438. The average molecular weight is 377 g/mol. The van der Waals surface area contributed by atoms with Gasteiger partial charge in [-0.1, -0.05) is 0 Å². The van der Waals surface area contributed by atoms with Gasteiger partial charge in [-0.3, -0.25) is 4.57 Å². The van der Waals surface area contributed by atoms with E-state index in [2.05, 4.69) is 15.0 Å². The number of ether oxygens (including phenoxy) is 1. The molecule has 1 fully saturated rings. The lowest BCUT2D eigenvalue weighted by molar-refractivity contribution is -0.144. The van der Waals surface area contributed by atoms with Crippen LogP contribution in [0.4, 0.5) is 5.82 Å². The van der Waals surface area contributed by atoms with Crippen LogP contribution >= 0.6 is 11.3 Å². The summed E-state index contributed by atoms with van der Waals surface area (Å²) in [7, 11) is 0. The summed E-state index contributed by atoms with van der Waals surface area (Å²) in [6, 6.07) is 3.92. The van der Waals surface area contributed by atoms with E-state index in [1.54, 1.807) is 15.9 Å². The third-order valence-corrected chi connectivity index (χ3v) is 5.70. The topological polar surface area (TPSA) is 140 Å². The molecule has 0 aliphatic carbocycles. The number of nitrogens with two attached hydrogens (primary N) is 1. The molecule has 4 heterocycles. The molecule has 5 N–H and O–H groups in total. The van der Waals surface area contributed by atoms with Gasteiger partial charge in [0.2, 0.25) is 0 Å². The van der Waals surface area contributed by atoms with E-state index < -0.39 is 30.6 Å². The Balaban J connectivity index is 1.89. The van der Waals surface area contributed by atoms with Crippen molar-refractivity contribution in [3.8, 4) is 0 Å². The van der Waals surface area contributed by atoms with Crippen LogP contribution < -0.4 is 5.73 Å². The smallest absolute Gasteiger partial charge is 0.181 e. The van der Waals surface area contributed by atoms with E-state index in [0.717, 1.165) is 9.75 Å². The average Bonchev–Trinajstić information content (AvgIpc) is 3.29. The van der Waals surface area contributed by atoms with Gasteiger partial charge in [-0.05, 0) is 19.1 Å². The first-order valence-corrected chi connectivity index (χ1v) is 8.92. The molecule has 138 valence electrons. The summed E-state index contributed by atoms with van der Waals surface area (Å²) in [5, 5.41) is 30.8. The Hall–Kier alpha value is -2.11. The Morgan fingerprint density at radius 2 is 2.12 bits per heavy atom. The SMILES string of the molecule is Cc1ccc(C[C@@]2(n3cnc4c(N)ncnc43)O[C@H](CO)[C@@H](O)[C@H]2O)s1. The molecule has 9 nitrogen and oxygen atoms in total. The number of nitrogen functional groups attached to an aromatic ring is 1. The second-order valence-corrected chi connectivity index (χ2v) is 7.73. The van der Waals surface area contributed by atoms with Crippen LogP contribution in [-0.4, -0.2) is 59.8 Å². The highest BCUT2D eigenvalue weighted by atomic mass is 32.1. The minimum Gasteiger partial charge on any atom is -0.394 e. The Bertz CT molecular complexity index is 944. The third-order valence-electron chi connectivity index (χ3n) is 4.70. The standard InChI is InChI=1S/C16H19N5O4S/c1-8-2-3-9(26-8)4-16(13(24)12(23)10(5-22)25-16)21-7-20-11-14(17)18-6-19-15(11)21/h2-3,6-7,10,12-13,22-24H,4-5H2,1H3,(H2,17,18,19)/t10-,12-,13-,16-/m1/s1. The summed E-state index contributed by atoms with van der Waals surface area (Å²) in [6.45, 7) is 1.56. The molecule has 4 rings (SSSR count). The molecule has 0 aromatic carbocycles. The van der Waals surface area contributed by atoms with E-state index in [-0.39, 0.29) is 12.2 Å². The number of anilines is 1. The van der Waals surface area contributed by atoms with Crippen molar-refractivity contribution < 1.29 is 20.1 Å². The van der Waals surface area contributed by atoms with Crippen LogP contribution in [0.25, 0.3) is 11.2 Å². The van der Waals surface area contributed by atoms with Gasteiger partial charge < -0.3 is 25.8 Å². The normalized spacial score (nSPS) is 28.8. The van der Waals surface area contributed by atoms with Crippen molar-refractivity contribution in [2.24, 2.45) is 0 Å². The molecule has 3 aromatic heterocycles. The molecule has 0 radical (unpaired) electrons. The number of hydrogen-bond acceptors (Lipinski definition) is 9. The molecule has 0 saturated carbocycles. The monoisotopic (exact) mass is 377 g/mol. The zero-order chi connectivity index (χ0) is 18.5. The molecule has 26 heavy (non-hydrogen) atoms. The van der Waals surface area contributed by atoms with Crippen molar-refractivity contribution in [3.05, 3.63) is 34.5 Å². The molecule has 0 amide bonds. The first-order chi connectivity index (χ1) is 12.5. The van der Waals surface area contributed by atoms with Crippen LogP contribution in [0.15, 0.2) is 24.8 Å². The second kappa shape index (κ2) is 6.25. The number of imidazole rings is 1. The van der Waals surface area contributed by atoms with Gasteiger partial charge in [-0.25, -0.2) is 15.0 Å². The molecular formula is C16H19N5O4S. The highest BCUT2D eigenvalue weighted by Gasteiger charge is 2.56. The zero-order valence-corrected chi connectivity index (χ0v) is 14.8. The number of aliphatic hydroxyl groups is 3. The van der Waals surface area contributed by atoms with Gasteiger partial charge >= 0.3 is 0 Å². The van der Waals surface area contributed by atoms with Crippen LogP contribution in [0.5, 0.6) is 0 Å². The number of hydrogen-bond donors (Lipinski definition) is 4. The van der Waals surface area contributed by atoms with Crippen molar-refractivity contribution in [1.82, 2.24) is 19.5 Å². The molecule has 3 aromatic rings. The Morgan fingerprint density at radius 1 is 1.31 bits per heavy atom. The van der Waals surface area contributed by atoms with E-state index in [0.29, 0.717) is 11.2 Å². The van der Waals surface area contributed by atoms with Crippen LogP contribution in [0.1, 0.15) is 9.75 Å². The number of fused-ring (bicyclic) bond motifs is 1. The molecule has 10 heteroatoms. The third kappa shape index (κ3) is 2.49. The summed E-state index contributed by atoms with van der Waals surface area (Å²) >= 11 is 1.56. The van der Waals surface area contributed by atoms with Gasteiger partial charge in [-0.15, -0.1) is 11.3 Å². The summed E-state index contributed by atoms with van der Waals surface area (Å²) in [4.78, 5) is 14.5. The molecule has 0 unspecified atom stereocenters. The van der Waals surface area contributed by atoms with E-state index >= 15 is 0 Å². The number of aromatic nitrogens is 4. The maximum Gasteiger partial charge on any atom is 0.181 e. The van der Waals surface area contributed by atoms with Crippen molar-refractivity contribution >= 4 is 28.3 Å². The second-order valence-electron chi connectivity index (χ2n) is 6.35. The lowest BCUT2D eigenvalue weighted by Crippen LogP contribution is -2.47. The fourth-order valence-corrected chi connectivity index (χ4v) is 4.37. The summed E-state index contributed by atoms with van der Waals surface area (Å²) in [5.41, 5.74) is 5.26. The summed E-state index contributed by atoms with van der Waals surface area (Å²) in [5.74, 6) is 0.211. The van der Waals surface area contributed by atoms with Crippen LogP contribution in [-0.2, 0) is 16.9 Å². The molecule has 1 saturated heterocycles. The Labute approximate surface area is 152 Å². The van der Waals surface area contributed by atoms with Crippen molar-refractivity contribution in [3.63, 3.8) is 0 Å². The highest BCUT2D eigenvalue weighted by molar-refractivity contribution is 7.11. The number of aryl methyl sites for hydroxylation is 1. The largest absolute Gasteiger partial charge is 0.394 e. The molecule has 1 aliphatic heterocycles. The van der Waals surface area contributed by atoms with Crippen molar-refractivity contribution in [2.75, 3.05) is 12.3 Å². The van der Waals surface area contributed by atoms with Crippen molar-refractivity contribution in [2.45, 2.75) is 37.4 Å². The van der Waals surface area contributed by atoms with Gasteiger partial charge in [0.25, 0.3) is 0 Å². The first-order valence-electron chi connectivity index (χ1n) is 8.10. The highest BCUT2D eigenvalue weighted by Crippen LogP contribution is 2.41. The molecule has 0 spiro atoms. The maximum absolute atomic E-state index is 10.9. The lowest BCUT2D eigenvalue weighted by atomic mass is 9.98. The molecular weight excluding hydrogens is 358 g/mol. The Morgan fingerprint density at radius 3 is 2.77 bits per heavy atom. The van der Waals surface area contributed by atoms with E-state index in [9.17, 15) is 15.3 Å². The van der Waals surface area contributed by atoms with E-state index in [1.165, 1.54) is 12.7 Å². The summed E-state index contributed by atoms with van der Waals surface area (Å²) < 4.78 is 7.58. The first kappa shape index (κ1) is 17.3. The Kier molecular flexibility index (Phi) is 4.16. The predicted molar refractivity (Wildman–Crippen MR) is 94.4 cm³/mol. The quantitative estimate of drug-likeness (QED) is 0.490. The molecule has 1 aliphatic rings. The van der Waals surface area contributed by atoms with E-state index in [4.69, 9.17) is 10.5 Å². The number of aliphatic hydroxyl groups excluding tert-OH is 3. The van der Waals surface area contributed by atoms with Crippen LogP contribution in [0.3, 0.4) is 0 Å². The fourth-order valence-electron chi connectivity index (χ4n) is 3.41. The minimum atomic E-state index is -1.38. The van der Waals surface area contributed by atoms with E-state index in [1.807, 2.05) is 19.1 Å². The minimum absolute atomic E-state index is 0.211.